The summed E-state index contributed by atoms with van der Waals surface area (Å²) in [5.41, 5.74) is 0.836. The summed E-state index contributed by atoms with van der Waals surface area (Å²) >= 11 is 0. The Balaban J connectivity index is 1.74. The number of aliphatic hydroxyl groups is 2. The molecule has 4 atom stereocenters. The Bertz CT molecular complexity index is 1040. The molecule has 0 amide bonds. The normalized spacial score (nSPS) is 24.3. The number of epoxide rings is 1. The van der Waals surface area contributed by atoms with E-state index in [1.165, 1.54) is 0 Å². The lowest BCUT2D eigenvalue weighted by Gasteiger charge is -2.29. The lowest BCUT2D eigenvalue weighted by molar-refractivity contribution is 0.0706. The molecule has 4 unspecified atom stereocenters. The molecule has 0 aromatic heterocycles. The molecule has 4 aromatic rings. The maximum absolute atomic E-state index is 11.7. The zero-order valence-electron chi connectivity index (χ0n) is 17.0. The molecule has 2 N–H and O–H groups in total. The van der Waals surface area contributed by atoms with E-state index in [-0.39, 0.29) is 0 Å². The molecule has 154 valence electrons. The van der Waals surface area contributed by atoms with Crippen LogP contribution in [0.5, 0.6) is 0 Å². The Labute approximate surface area is 182 Å². The van der Waals surface area contributed by atoms with Crippen molar-refractivity contribution in [2.75, 3.05) is 0 Å². The number of hydrogen-bond acceptors (Lipinski definition) is 3. The largest absolute Gasteiger partial charge is 0.385 e. The first-order chi connectivity index (χ1) is 15.2. The van der Waals surface area contributed by atoms with Gasteiger partial charge < -0.3 is 14.9 Å². The molecule has 0 bridgehead atoms. The highest BCUT2D eigenvalue weighted by molar-refractivity contribution is 5.48. The minimum Gasteiger partial charge on any atom is -0.385 e. The number of aliphatic hydroxyl groups excluding tert-OH is 2. The average Bonchev–Trinajstić information content (AvgIpc) is 3.58. The molecule has 1 heterocycles. The summed E-state index contributed by atoms with van der Waals surface area (Å²) in [5.74, 6) is 0. The Morgan fingerprint density at radius 2 is 0.742 bits per heavy atom. The van der Waals surface area contributed by atoms with E-state index in [9.17, 15) is 10.2 Å². The van der Waals surface area contributed by atoms with E-state index in [0.29, 0.717) is 0 Å². The Hall–Kier alpha value is -3.24. The van der Waals surface area contributed by atoms with Crippen LogP contribution >= 0.6 is 0 Å². The van der Waals surface area contributed by atoms with Crippen LogP contribution in [-0.2, 0) is 15.9 Å². The lowest BCUT2D eigenvalue weighted by Crippen LogP contribution is -2.34. The van der Waals surface area contributed by atoms with Gasteiger partial charge in [-0.1, -0.05) is 121 Å². The van der Waals surface area contributed by atoms with Gasteiger partial charge in [-0.3, -0.25) is 0 Å². The van der Waals surface area contributed by atoms with E-state index in [0.717, 1.165) is 22.3 Å². The van der Waals surface area contributed by atoms with E-state index in [1.807, 2.05) is 121 Å². The highest BCUT2D eigenvalue weighted by atomic mass is 16.7. The molecule has 4 aromatic carbocycles. The van der Waals surface area contributed by atoms with Crippen LogP contribution in [0.25, 0.3) is 0 Å². The van der Waals surface area contributed by atoms with E-state index in [2.05, 4.69) is 0 Å². The molecule has 1 aliphatic rings. The van der Waals surface area contributed by atoms with Crippen molar-refractivity contribution < 1.29 is 14.9 Å². The Morgan fingerprint density at radius 1 is 0.452 bits per heavy atom. The molecule has 5 rings (SSSR count). The first-order valence-corrected chi connectivity index (χ1v) is 10.5. The zero-order chi connectivity index (χ0) is 21.3. The van der Waals surface area contributed by atoms with E-state index in [1.54, 1.807) is 0 Å². The third-order valence-electron chi connectivity index (χ3n) is 6.24. The molecule has 1 saturated heterocycles. The van der Waals surface area contributed by atoms with Gasteiger partial charge in [0.1, 0.15) is 12.2 Å². The van der Waals surface area contributed by atoms with Crippen molar-refractivity contribution >= 4 is 0 Å². The second kappa shape index (κ2) is 7.78. The summed E-state index contributed by atoms with van der Waals surface area (Å²) in [5, 5.41) is 23.4. The molecule has 1 fully saturated rings. The van der Waals surface area contributed by atoms with Gasteiger partial charge >= 0.3 is 0 Å². The van der Waals surface area contributed by atoms with Crippen molar-refractivity contribution in [3.05, 3.63) is 144 Å². The molecule has 3 heteroatoms. The van der Waals surface area contributed by atoms with E-state index < -0.39 is 23.4 Å². The Morgan fingerprint density at radius 3 is 1.06 bits per heavy atom. The van der Waals surface area contributed by atoms with Crippen molar-refractivity contribution in [3.8, 4) is 0 Å². The summed E-state index contributed by atoms with van der Waals surface area (Å²) in [4.78, 5) is 0. The Kier molecular flexibility index (Phi) is 4.95. The minimum atomic E-state index is -1.15. The summed E-state index contributed by atoms with van der Waals surface area (Å²) in [7, 11) is 0. The smallest absolute Gasteiger partial charge is 0.160 e. The number of hydrogen-bond donors (Lipinski definition) is 2. The van der Waals surface area contributed by atoms with Crippen molar-refractivity contribution in [1.29, 1.82) is 0 Å². The van der Waals surface area contributed by atoms with Crippen LogP contribution in [0.2, 0.25) is 0 Å². The van der Waals surface area contributed by atoms with Gasteiger partial charge in [0.05, 0.1) is 0 Å². The van der Waals surface area contributed by atoms with Gasteiger partial charge in [-0.05, 0) is 22.3 Å². The third kappa shape index (κ3) is 3.02. The average molecular weight is 408 g/mol. The van der Waals surface area contributed by atoms with Crippen molar-refractivity contribution in [2.45, 2.75) is 23.4 Å². The number of benzene rings is 4. The highest BCUT2D eigenvalue weighted by Gasteiger charge is 2.78. The lowest BCUT2D eigenvalue weighted by atomic mass is 9.72. The predicted molar refractivity (Wildman–Crippen MR) is 120 cm³/mol. The fourth-order valence-corrected chi connectivity index (χ4v) is 4.72. The summed E-state index contributed by atoms with van der Waals surface area (Å²) in [6, 6.07) is 38.4. The zero-order valence-corrected chi connectivity index (χ0v) is 17.0. The first-order valence-electron chi connectivity index (χ1n) is 10.5. The van der Waals surface area contributed by atoms with Crippen LogP contribution < -0.4 is 0 Å². The van der Waals surface area contributed by atoms with Crippen molar-refractivity contribution in [3.63, 3.8) is 0 Å². The van der Waals surface area contributed by atoms with Crippen LogP contribution in [0.4, 0.5) is 0 Å². The van der Waals surface area contributed by atoms with Crippen LogP contribution in [0.3, 0.4) is 0 Å². The molecule has 0 saturated carbocycles. The van der Waals surface area contributed by atoms with Gasteiger partial charge in [0.2, 0.25) is 0 Å². The van der Waals surface area contributed by atoms with Crippen molar-refractivity contribution in [1.82, 2.24) is 0 Å². The second-order valence-corrected chi connectivity index (χ2v) is 7.93. The van der Waals surface area contributed by atoms with Gasteiger partial charge in [0.15, 0.2) is 11.2 Å². The molecule has 1 aliphatic heterocycles. The number of ether oxygens (including phenoxy) is 1. The van der Waals surface area contributed by atoms with E-state index >= 15 is 0 Å². The fourth-order valence-electron chi connectivity index (χ4n) is 4.72. The van der Waals surface area contributed by atoms with Crippen LogP contribution in [0.1, 0.15) is 34.5 Å². The maximum Gasteiger partial charge on any atom is 0.160 e. The summed E-state index contributed by atoms with van der Waals surface area (Å²) < 4.78 is 6.60. The third-order valence-corrected chi connectivity index (χ3v) is 6.24. The van der Waals surface area contributed by atoms with Crippen LogP contribution in [-0.4, -0.2) is 10.2 Å². The summed E-state index contributed by atoms with van der Waals surface area (Å²) in [6.07, 6.45) is -1.95. The van der Waals surface area contributed by atoms with Gasteiger partial charge in [0, 0.05) is 0 Å². The van der Waals surface area contributed by atoms with Crippen LogP contribution in [0.15, 0.2) is 121 Å². The topological polar surface area (TPSA) is 53.0 Å². The van der Waals surface area contributed by atoms with Gasteiger partial charge in [0.25, 0.3) is 0 Å². The van der Waals surface area contributed by atoms with Gasteiger partial charge in [-0.15, -0.1) is 0 Å². The standard InChI is InChI=1S/C28H24O3/c29-25(21-13-5-1-6-14-21)27(23-17-9-3-10-18-23)28(31-27,24-19-11-4-12-20-24)26(30)22-15-7-2-8-16-22/h1-20,25-26,29-30H. The maximum atomic E-state index is 11.7. The molecule has 0 radical (unpaired) electrons. The quantitative estimate of drug-likeness (QED) is 0.427. The molecule has 31 heavy (non-hydrogen) atoms. The SMILES string of the molecule is OC(c1ccccc1)C1(c2ccccc2)OC1(c1ccccc1)C(O)c1ccccc1. The summed E-state index contributed by atoms with van der Waals surface area (Å²) in [6.45, 7) is 0. The van der Waals surface area contributed by atoms with E-state index in [4.69, 9.17) is 4.74 Å². The van der Waals surface area contributed by atoms with Gasteiger partial charge in [-0.2, -0.15) is 0 Å². The fraction of sp³-hybridized carbons (Fsp3) is 0.143. The predicted octanol–water partition coefficient (Wildman–Crippen LogP) is 5.27. The minimum absolute atomic E-state index is 0.740. The molecule has 0 aliphatic carbocycles. The van der Waals surface area contributed by atoms with Crippen LogP contribution in [0, 0.1) is 0 Å². The van der Waals surface area contributed by atoms with Gasteiger partial charge in [-0.25, -0.2) is 0 Å². The van der Waals surface area contributed by atoms with Crippen molar-refractivity contribution in [2.24, 2.45) is 0 Å². The molecule has 0 spiro atoms. The second-order valence-electron chi connectivity index (χ2n) is 7.93. The molecule has 3 nitrogen and oxygen atoms in total. The highest BCUT2D eigenvalue weighted by Crippen LogP contribution is 2.72. The number of rotatable bonds is 6. The molecular formula is C28H24O3. The monoisotopic (exact) mass is 408 g/mol. The molecular weight excluding hydrogens is 384 g/mol. The first kappa shape index (κ1) is 19.7.